The molecular weight excluding hydrogens is 178 g/mol. The molecule has 0 spiro atoms. The zero-order valence-electron chi connectivity index (χ0n) is 9.78. The van der Waals surface area contributed by atoms with E-state index in [-0.39, 0.29) is 12.7 Å². The average Bonchev–Trinajstić information content (AvgIpc) is 2.09. The first kappa shape index (κ1) is 11.6. The number of quaternary nitrogens is 2. The number of rotatable bonds is 1. The van der Waals surface area contributed by atoms with E-state index in [9.17, 15) is 4.79 Å². The van der Waals surface area contributed by atoms with Crippen LogP contribution in [0, 0.1) is 0 Å². The van der Waals surface area contributed by atoms with Crippen LogP contribution in [0.3, 0.4) is 0 Å². The molecule has 0 aromatic carbocycles. The summed E-state index contributed by atoms with van der Waals surface area (Å²) >= 11 is 0. The van der Waals surface area contributed by atoms with Crippen LogP contribution in [0.15, 0.2) is 0 Å². The second-order valence-electron chi connectivity index (χ2n) is 5.14. The number of ether oxygens (including phenoxy) is 1. The van der Waals surface area contributed by atoms with Gasteiger partial charge in [-0.3, -0.25) is 4.79 Å². The molecule has 0 aliphatic carbocycles. The van der Waals surface area contributed by atoms with E-state index >= 15 is 0 Å². The lowest BCUT2D eigenvalue weighted by atomic mass is 9.51. The zero-order chi connectivity index (χ0) is 11.0. The molecule has 0 saturated carbocycles. The highest BCUT2D eigenvalue weighted by molar-refractivity contribution is 6.83. The topological polar surface area (TPSA) is 26.3 Å². The van der Waals surface area contributed by atoms with E-state index in [1.54, 1.807) is 0 Å². The predicted molar refractivity (Wildman–Crippen MR) is 57.9 cm³/mol. The average molecular weight is 197 g/mol. The summed E-state index contributed by atoms with van der Waals surface area (Å²) < 4.78 is 6.31. The van der Waals surface area contributed by atoms with Crippen molar-refractivity contribution in [2.75, 3.05) is 48.2 Å². The van der Waals surface area contributed by atoms with Gasteiger partial charge in [0.05, 0.1) is 14.5 Å². The molecule has 1 saturated heterocycles. The molecule has 0 aromatic rings. The molecule has 14 heavy (non-hydrogen) atoms. The van der Waals surface area contributed by atoms with Gasteiger partial charge in [0.2, 0.25) is 0 Å². The Morgan fingerprint density at radius 1 is 1.36 bits per heavy atom. The van der Waals surface area contributed by atoms with Gasteiger partial charge in [0.15, 0.2) is 5.87 Å². The standard InChI is InChI=1S/C8H19B2N2O2/c1-11(2)7-10(8(13)14-5)12(3,4)6-9-11/h6-7H2,1-5H3. The van der Waals surface area contributed by atoms with Gasteiger partial charge in [0.1, 0.15) is 0 Å². The summed E-state index contributed by atoms with van der Waals surface area (Å²) in [5.41, 5.74) is 0. The minimum Gasteiger partial charge on any atom is -0.588 e. The third kappa shape index (κ3) is 2.30. The Kier molecular flexibility index (Phi) is 2.97. The lowest BCUT2D eigenvalue weighted by molar-refractivity contribution is -0.837. The normalized spacial score (nSPS) is 25.8. The largest absolute Gasteiger partial charge is 0.588 e. The zero-order valence-corrected chi connectivity index (χ0v) is 9.78. The molecule has 3 radical (unpaired) electrons. The Morgan fingerprint density at radius 2 is 1.93 bits per heavy atom. The molecule has 0 atom stereocenters. The van der Waals surface area contributed by atoms with E-state index in [0.29, 0.717) is 4.39 Å². The van der Waals surface area contributed by atoms with Gasteiger partial charge >= 0.3 is 6.85 Å². The molecule has 1 fully saturated rings. The van der Waals surface area contributed by atoms with Gasteiger partial charge in [-0.2, -0.15) is 0 Å². The first-order chi connectivity index (χ1) is 6.28. The SMILES string of the molecule is COC(=O)[B-]1C[N+](C)(C)[B-]C[N+]1(C)C. The molecule has 0 amide bonds. The second-order valence-corrected chi connectivity index (χ2v) is 5.14. The van der Waals surface area contributed by atoms with Crippen LogP contribution in [0.4, 0.5) is 4.79 Å². The number of carbonyl (C=O) groups excluding carboxylic acids is 1. The third-order valence-corrected chi connectivity index (χ3v) is 3.01. The van der Waals surface area contributed by atoms with Gasteiger partial charge in [0, 0.05) is 28.2 Å². The van der Waals surface area contributed by atoms with E-state index in [4.69, 9.17) is 4.74 Å². The first-order valence-corrected chi connectivity index (χ1v) is 4.86. The summed E-state index contributed by atoms with van der Waals surface area (Å²) in [6.07, 6.45) is 1.70. The Morgan fingerprint density at radius 3 is 2.43 bits per heavy atom. The fourth-order valence-electron chi connectivity index (χ4n) is 1.80. The first-order valence-electron chi connectivity index (χ1n) is 4.86. The number of hydrogen-bond acceptors (Lipinski definition) is 2. The van der Waals surface area contributed by atoms with E-state index in [1.807, 2.05) is 0 Å². The van der Waals surface area contributed by atoms with Crippen LogP contribution in [0.25, 0.3) is 0 Å². The predicted octanol–water partition coefficient (Wildman–Crippen LogP) is -0.392. The molecule has 1 heterocycles. The maximum Gasteiger partial charge on any atom is 0.303 e. The molecule has 6 heteroatoms. The smallest absolute Gasteiger partial charge is 0.303 e. The molecule has 0 N–H and O–H groups in total. The van der Waals surface area contributed by atoms with Crippen LogP contribution in [-0.2, 0) is 4.74 Å². The van der Waals surface area contributed by atoms with Crippen molar-refractivity contribution in [2.45, 2.75) is 0 Å². The molecule has 1 aliphatic heterocycles. The Balaban J connectivity index is 2.82. The minimum atomic E-state index is -0.102. The number of hydrogen-bond donors (Lipinski definition) is 0. The van der Waals surface area contributed by atoms with Crippen LogP contribution in [-0.4, -0.2) is 77.1 Å². The summed E-state index contributed by atoms with van der Waals surface area (Å²) in [6, 6.07) is 0. The van der Waals surface area contributed by atoms with Crippen molar-refractivity contribution < 1.29 is 18.3 Å². The van der Waals surface area contributed by atoms with Gasteiger partial charge in [0.25, 0.3) is 0 Å². The van der Waals surface area contributed by atoms with Gasteiger partial charge in [-0.05, 0) is 6.44 Å². The maximum atomic E-state index is 11.6. The summed E-state index contributed by atoms with van der Waals surface area (Å²) in [5.74, 6) is -0.102. The number of nitrogens with zero attached hydrogens (tertiary/aromatic N) is 2. The molecule has 0 aromatic heterocycles. The Hall–Kier alpha value is -0.480. The highest BCUT2D eigenvalue weighted by Gasteiger charge is 2.34. The lowest BCUT2D eigenvalue weighted by Crippen LogP contribution is -2.73. The Labute approximate surface area is 87.4 Å². The molecule has 4 nitrogen and oxygen atoms in total. The monoisotopic (exact) mass is 197 g/mol. The van der Waals surface area contributed by atoms with Crippen LogP contribution >= 0.6 is 0 Å². The van der Waals surface area contributed by atoms with E-state index in [1.165, 1.54) is 7.11 Å². The molecule has 0 bridgehead atoms. The van der Waals surface area contributed by atoms with Gasteiger partial charge < -0.3 is 13.5 Å². The van der Waals surface area contributed by atoms with Gasteiger partial charge in [-0.15, -0.1) is 0 Å². The molecule has 1 rings (SSSR count). The molecule has 0 unspecified atom stereocenters. The maximum absolute atomic E-state index is 11.6. The fourth-order valence-corrected chi connectivity index (χ4v) is 1.80. The van der Waals surface area contributed by atoms with E-state index in [2.05, 4.69) is 35.6 Å². The lowest BCUT2D eigenvalue weighted by Gasteiger charge is -2.62. The number of methoxy groups -OCH3 is 1. The molecule has 1 aliphatic rings. The fraction of sp³-hybridized carbons (Fsp3) is 0.875. The van der Waals surface area contributed by atoms with Crippen molar-refractivity contribution >= 4 is 20.1 Å². The van der Waals surface area contributed by atoms with Crippen molar-refractivity contribution in [3.63, 3.8) is 0 Å². The third-order valence-electron chi connectivity index (χ3n) is 3.01. The summed E-state index contributed by atoms with van der Waals surface area (Å²) in [6.45, 7) is -0.0556. The summed E-state index contributed by atoms with van der Waals surface area (Å²) in [7, 11) is 12.0. The van der Waals surface area contributed by atoms with Crippen molar-refractivity contribution in [2.24, 2.45) is 0 Å². The molecule has 79 valence electrons. The van der Waals surface area contributed by atoms with Crippen molar-refractivity contribution in [1.29, 1.82) is 0 Å². The van der Waals surface area contributed by atoms with Crippen molar-refractivity contribution in [3.05, 3.63) is 0 Å². The highest BCUT2D eigenvalue weighted by Crippen LogP contribution is 2.15. The Bertz CT molecular complexity index is 243. The van der Waals surface area contributed by atoms with Crippen LogP contribution < -0.4 is 0 Å². The number of carbonyl (C=O) groups is 1. The van der Waals surface area contributed by atoms with E-state index in [0.717, 1.165) is 17.3 Å². The van der Waals surface area contributed by atoms with Crippen molar-refractivity contribution in [1.82, 2.24) is 0 Å². The van der Waals surface area contributed by atoms with Gasteiger partial charge in [-0.1, -0.05) is 6.44 Å². The summed E-state index contributed by atoms with van der Waals surface area (Å²) in [5, 5.41) is 0. The van der Waals surface area contributed by atoms with E-state index < -0.39 is 0 Å². The van der Waals surface area contributed by atoms with Crippen LogP contribution in [0.1, 0.15) is 0 Å². The van der Waals surface area contributed by atoms with Crippen molar-refractivity contribution in [3.8, 4) is 0 Å². The quantitative estimate of drug-likeness (QED) is 0.535. The van der Waals surface area contributed by atoms with Crippen LogP contribution in [0.5, 0.6) is 0 Å². The van der Waals surface area contributed by atoms with Gasteiger partial charge in [-0.25, -0.2) is 0 Å². The minimum absolute atomic E-state index is 0.0556. The molecular formula is C8H19B2N2O2. The summed E-state index contributed by atoms with van der Waals surface area (Å²) in [4.78, 5) is 11.6. The second kappa shape index (κ2) is 3.59. The van der Waals surface area contributed by atoms with Crippen LogP contribution in [0.2, 0.25) is 0 Å². The highest BCUT2D eigenvalue weighted by atomic mass is 16.5.